The van der Waals surface area contributed by atoms with Crippen molar-refractivity contribution < 1.29 is 9.59 Å². The van der Waals surface area contributed by atoms with Crippen LogP contribution in [-0.2, 0) is 11.2 Å². The Labute approximate surface area is 160 Å². The lowest BCUT2D eigenvalue weighted by atomic mass is 10.1. The standard InChI is InChI=1S/C21H25ClN2O2/c1-4-24(5-2)21(26)17-7-6-8-18(14-17)23-20(25)12-11-16-10-9-15(3)19(22)13-16/h6-10,13-14H,4-5,11-12H2,1-3H3,(H,23,25). The molecule has 26 heavy (non-hydrogen) atoms. The molecule has 1 N–H and O–H groups in total. The van der Waals surface area contributed by atoms with Gasteiger partial charge in [-0.2, -0.15) is 0 Å². The van der Waals surface area contributed by atoms with Gasteiger partial charge in [0, 0.05) is 35.8 Å². The van der Waals surface area contributed by atoms with Gasteiger partial charge in [-0.25, -0.2) is 0 Å². The molecular weight excluding hydrogens is 348 g/mol. The minimum atomic E-state index is -0.0888. The fourth-order valence-corrected chi connectivity index (χ4v) is 2.90. The van der Waals surface area contributed by atoms with Crippen molar-refractivity contribution in [3.05, 3.63) is 64.2 Å². The van der Waals surface area contributed by atoms with Crippen LogP contribution in [0.15, 0.2) is 42.5 Å². The Morgan fingerprint density at radius 1 is 1.08 bits per heavy atom. The summed E-state index contributed by atoms with van der Waals surface area (Å²) in [5.41, 5.74) is 3.27. The van der Waals surface area contributed by atoms with E-state index in [1.165, 1.54) is 0 Å². The predicted octanol–water partition coefficient (Wildman–Crippen LogP) is 4.70. The van der Waals surface area contributed by atoms with Gasteiger partial charge in [-0.1, -0.05) is 29.8 Å². The Kier molecular flexibility index (Phi) is 7.22. The molecule has 2 rings (SSSR count). The van der Waals surface area contributed by atoms with Crippen molar-refractivity contribution in [1.29, 1.82) is 0 Å². The Bertz CT molecular complexity index is 785. The number of halogens is 1. The smallest absolute Gasteiger partial charge is 0.253 e. The third-order valence-electron chi connectivity index (χ3n) is 4.32. The van der Waals surface area contributed by atoms with E-state index in [1.807, 2.05) is 39.0 Å². The number of carbonyl (C=O) groups is 2. The quantitative estimate of drug-likeness (QED) is 0.765. The number of aryl methyl sites for hydroxylation is 2. The van der Waals surface area contributed by atoms with Gasteiger partial charge in [-0.05, 0) is 62.6 Å². The molecule has 2 aromatic rings. The van der Waals surface area contributed by atoms with Gasteiger partial charge in [-0.3, -0.25) is 9.59 Å². The van der Waals surface area contributed by atoms with Crippen molar-refractivity contribution in [1.82, 2.24) is 4.90 Å². The Morgan fingerprint density at radius 3 is 2.46 bits per heavy atom. The summed E-state index contributed by atoms with van der Waals surface area (Å²) in [6.45, 7) is 7.16. The third-order valence-corrected chi connectivity index (χ3v) is 4.73. The Hall–Kier alpha value is -2.33. The molecule has 0 aromatic heterocycles. The van der Waals surface area contributed by atoms with E-state index in [-0.39, 0.29) is 11.8 Å². The third kappa shape index (κ3) is 5.33. The maximum Gasteiger partial charge on any atom is 0.253 e. The lowest BCUT2D eigenvalue weighted by Crippen LogP contribution is -2.30. The zero-order valence-corrected chi connectivity index (χ0v) is 16.3. The molecule has 5 heteroatoms. The minimum absolute atomic E-state index is 0.0274. The summed E-state index contributed by atoms with van der Waals surface area (Å²) in [7, 11) is 0. The first-order valence-electron chi connectivity index (χ1n) is 8.88. The summed E-state index contributed by atoms with van der Waals surface area (Å²) in [5.74, 6) is -0.116. The number of benzene rings is 2. The average molecular weight is 373 g/mol. The van der Waals surface area contributed by atoms with Crippen LogP contribution < -0.4 is 5.32 Å². The van der Waals surface area contributed by atoms with Crippen LogP contribution in [-0.4, -0.2) is 29.8 Å². The molecule has 0 saturated carbocycles. The highest BCUT2D eigenvalue weighted by Gasteiger charge is 2.13. The molecule has 0 bridgehead atoms. The van der Waals surface area contributed by atoms with Gasteiger partial charge in [-0.15, -0.1) is 0 Å². The van der Waals surface area contributed by atoms with Gasteiger partial charge < -0.3 is 10.2 Å². The van der Waals surface area contributed by atoms with Gasteiger partial charge in [0.05, 0.1) is 0 Å². The maximum atomic E-state index is 12.4. The molecule has 0 saturated heterocycles. The molecule has 0 spiro atoms. The number of hydrogen-bond acceptors (Lipinski definition) is 2. The first-order valence-corrected chi connectivity index (χ1v) is 9.26. The highest BCUT2D eigenvalue weighted by molar-refractivity contribution is 6.31. The van der Waals surface area contributed by atoms with Crippen LogP contribution in [0.1, 0.15) is 41.8 Å². The molecule has 0 fully saturated rings. The van der Waals surface area contributed by atoms with E-state index in [0.717, 1.165) is 11.1 Å². The number of amides is 2. The van der Waals surface area contributed by atoms with E-state index in [9.17, 15) is 9.59 Å². The van der Waals surface area contributed by atoms with Crippen LogP contribution in [0.3, 0.4) is 0 Å². The summed E-state index contributed by atoms with van der Waals surface area (Å²) in [5, 5.41) is 3.58. The summed E-state index contributed by atoms with van der Waals surface area (Å²) < 4.78 is 0. The highest BCUT2D eigenvalue weighted by Crippen LogP contribution is 2.18. The van der Waals surface area contributed by atoms with Crippen LogP contribution in [0.25, 0.3) is 0 Å². The number of hydrogen-bond donors (Lipinski definition) is 1. The summed E-state index contributed by atoms with van der Waals surface area (Å²) in [6, 6.07) is 12.9. The van der Waals surface area contributed by atoms with Crippen LogP contribution in [0.2, 0.25) is 5.02 Å². The van der Waals surface area contributed by atoms with E-state index in [2.05, 4.69) is 5.32 Å². The van der Waals surface area contributed by atoms with Gasteiger partial charge >= 0.3 is 0 Å². The molecule has 0 atom stereocenters. The highest BCUT2D eigenvalue weighted by atomic mass is 35.5. The summed E-state index contributed by atoms with van der Waals surface area (Å²) in [6.07, 6.45) is 0.970. The van der Waals surface area contributed by atoms with Crippen LogP contribution >= 0.6 is 11.6 Å². The second kappa shape index (κ2) is 9.39. The van der Waals surface area contributed by atoms with E-state index in [1.54, 1.807) is 29.2 Å². The van der Waals surface area contributed by atoms with Crippen molar-refractivity contribution >= 4 is 29.1 Å². The number of rotatable bonds is 7. The summed E-state index contributed by atoms with van der Waals surface area (Å²) in [4.78, 5) is 26.4. The molecule has 0 aliphatic heterocycles. The van der Waals surface area contributed by atoms with E-state index in [0.29, 0.717) is 42.2 Å². The molecule has 2 aromatic carbocycles. The van der Waals surface area contributed by atoms with Gasteiger partial charge in [0.15, 0.2) is 0 Å². The normalized spacial score (nSPS) is 10.5. The van der Waals surface area contributed by atoms with Gasteiger partial charge in [0.25, 0.3) is 5.91 Å². The van der Waals surface area contributed by atoms with Crippen molar-refractivity contribution in [3.63, 3.8) is 0 Å². The lowest BCUT2D eigenvalue weighted by molar-refractivity contribution is -0.116. The molecule has 0 radical (unpaired) electrons. The first-order chi connectivity index (χ1) is 12.4. The van der Waals surface area contributed by atoms with Crippen LogP contribution in [0, 0.1) is 6.92 Å². The van der Waals surface area contributed by atoms with Crippen LogP contribution in [0.4, 0.5) is 5.69 Å². The topological polar surface area (TPSA) is 49.4 Å². The summed E-state index contributed by atoms with van der Waals surface area (Å²) >= 11 is 6.12. The Morgan fingerprint density at radius 2 is 1.81 bits per heavy atom. The van der Waals surface area contributed by atoms with Crippen molar-refractivity contribution in [2.24, 2.45) is 0 Å². The van der Waals surface area contributed by atoms with Crippen molar-refractivity contribution in [2.75, 3.05) is 18.4 Å². The zero-order valence-electron chi connectivity index (χ0n) is 15.5. The monoisotopic (exact) mass is 372 g/mol. The average Bonchev–Trinajstić information content (AvgIpc) is 2.64. The van der Waals surface area contributed by atoms with E-state index < -0.39 is 0 Å². The van der Waals surface area contributed by atoms with Crippen molar-refractivity contribution in [2.45, 2.75) is 33.6 Å². The molecule has 0 heterocycles. The molecule has 0 aliphatic rings. The van der Waals surface area contributed by atoms with Crippen molar-refractivity contribution in [3.8, 4) is 0 Å². The minimum Gasteiger partial charge on any atom is -0.339 e. The molecule has 0 unspecified atom stereocenters. The maximum absolute atomic E-state index is 12.4. The molecule has 4 nitrogen and oxygen atoms in total. The number of nitrogens with zero attached hydrogens (tertiary/aromatic N) is 1. The molecule has 138 valence electrons. The second-order valence-electron chi connectivity index (χ2n) is 6.19. The number of nitrogens with one attached hydrogen (secondary N) is 1. The van der Waals surface area contributed by atoms with Crippen LogP contribution in [0.5, 0.6) is 0 Å². The number of anilines is 1. The molecule has 2 amide bonds. The second-order valence-corrected chi connectivity index (χ2v) is 6.60. The Balaban J connectivity index is 1.97. The zero-order chi connectivity index (χ0) is 19.1. The SMILES string of the molecule is CCN(CC)C(=O)c1cccc(NC(=O)CCc2ccc(C)c(Cl)c2)c1. The largest absolute Gasteiger partial charge is 0.339 e. The fourth-order valence-electron chi connectivity index (χ4n) is 2.70. The van der Waals surface area contributed by atoms with Gasteiger partial charge in [0.1, 0.15) is 0 Å². The number of carbonyl (C=O) groups excluding carboxylic acids is 2. The van der Waals surface area contributed by atoms with Gasteiger partial charge in [0.2, 0.25) is 5.91 Å². The lowest BCUT2D eigenvalue weighted by Gasteiger charge is -2.19. The predicted molar refractivity (Wildman–Crippen MR) is 107 cm³/mol. The fraction of sp³-hybridized carbons (Fsp3) is 0.333. The van der Waals surface area contributed by atoms with E-state index >= 15 is 0 Å². The molecular formula is C21H25ClN2O2. The first kappa shape index (κ1) is 20.0. The molecule has 0 aliphatic carbocycles. The van der Waals surface area contributed by atoms with E-state index in [4.69, 9.17) is 11.6 Å².